The number of methoxy groups -OCH3 is 2. The summed E-state index contributed by atoms with van der Waals surface area (Å²) >= 11 is 15.1. The van der Waals surface area contributed by atoms with Crippen molar-refractivity contribution < 1.29 is 34.1 Å². The molecule has 0 spiro atoms. The van der Waals surface area contributed by atoms with Gasteiger partial charge in [0.15, 0.2) is 5.78 Å². The molecule has 0 aromatic heterocycles. The molecule has 109 heavy (non-hydrogen) atoms. The van der Waals surface area contributed by atoms with Crippen molar-refractivity contribution in [1.82, 2.24) is 5.06 Å². The maximum Gasteiger partial charge on any atom is 0.249 e. The summed E-state index contributed by atoms with van der Waals surface area (Å²) in [6.45, 7) is 10.5. The molecule has 0 saturated heterocycles. The lowest BCUT2D eigenvalue weighted by Crippen LogP contribution is -2.92. The number of aliphatic hydroxyl groups is 2. The molecule has 2 aromatic carbocycles. The first-order valence-corrected chi connectivity index (χ1v) is 41.2. The van der Waals surface area contributed by atoms with Crippen molar-refractivity contribution >= 4 is 335 Å². The summed E-state index contributed by atoms with van der Waals surface area (Å²) in [5, 5.41) is 24.4. The van der Waals surface area contributed by atoms with Gasteiger partial charge < -0.3 is 19.7 Å². The number of ketones is 1. The zero-order valence-electron chi connectivity index (χ0n) is 66.1. The van der Waals surface area contributed by atoms with Crippen molar-refractivity contribution in [2.75, 3.05) is 41.6 Å². The van der Waals surface area contributed by atoms with Gasteiger partial charge in [0.2, 0.25) is 5.91 Å². The second-order valence-corrected chi connectivity index (χ2v) is 37.5. The van der Waals surface area contributed by atoms with Crippen molar-refractivity contribution in [3.8, 4) is 0 Å². The van der Waals surface area contributed by atoms with Crippen molar-refractivity contribution in [3.63, 3.8) is 0 Å². The van der Waals surface area contributed by atoms with Crippen molar-refractivity contribution in [3.05, 3.63) is 68.6 Å². The number of halogens is 3. The topological polar surface area (TPSA) is 106 Å². The van der Waals surface area contributed by atoms with Gasteiger partial charge in [0, 0.05) is 337 Å². The van der Waals surface area contributed by atoms with E-state index in [9.17, 15) is 19.8 Å². The number of carbonyl (C=O) groups is 2. The van der Waals surface area contributed by atoms with Gasteiger partial charge in [-0.3, -0.25) is 14.4 Å². The minimum atomic E-state index is -1.25. The molecule has 42 radical (unpaired) electrons. The molecule has 2 N–H and O–H groups in total. The molecule has 8 saturated carbocycles. The van der Waals surface area contributed by atoms with Gasteiger partial charge in [-0.2, -0.15) is 0 Å². The predicted molar refractivity (Wildman–Crippen MR) is 509 cm³/mol. The number of benzene rings is 2. The van der Waals surface area contributed by atoms with Gasteiger partial charge in [-0.1, -0.05) is 71.2 Å². The maximum absolute atomic E-state index is 13.6. The van der Waals surface area contributed by atoms with Crippen LogP contribution in [0.2, 0.25) is 10.0 Å². The van der Waals surface area contributed by atoms with Gasteiger partial charge in [-0.25, -0.2) is 5.06 Å². The van der Waals surface area contributed by atoms with Crippen molar-refractivity contribution in [1.29, 1.82) is 0 Å². The van der Waals surface area contributed by atoms with Crippen LogP contribution in [0.25, 0.3) is 0 Å². The molecule has 0 aliphatic heterocycles. The Morgan fingerprint density at radius 1 is 0.450 bits per heavy atom. The van der Waals surface area contributed by atoms with Gasteiger partial charge in [-0.05, 0) is 229 Å². The molecule has 0 bridgehead atoms. The Hall–Kier alpha value is 1.04. The standard InChI is InChI=1S/C28H39ClO3.C24H41NO4.C6H4BrCl.B40/c1-26(31)13-14-28(17-32-3)19(16-26)7-8-21-22-9-10-24(27(22,2)12-11-23(21)28)25(30)18-5-4-6-20(29)15-18;1-22(27)12-13-24(15-28-4)16(14-22)6-7-17-18-8-9-20(21(26)25(3)29-5)23(18,2)11-10-19(17)24;7-5-2-1-3-6(8)4-5;1-22(2)32(21)37(31(19)20)40(38(33(23(3)4)24(5)6)34(25(7)8)26(9)10)39(35(27(11)12)28(13)14)36(29(15)16)30(17)18/h4-6,15,19,21-24,31H,7-14,16-17H2,1-3H3;16-20,27H,6-15H2,1-5H3;1-4H;/t19-,21-,22-,23-,24+,26+,27-,28+;16-,17-,18-,19-,20+,22+,23-,24+;;/m00../s1. The lowest BCUT2D eigenvalue weighted by molar-refractivity contribution is -0.188. The van der Waals surface area contributed by atoms with Crippen LogP contribution < -0.4 is 0 Å². The fourth-order valence-corrected chi connectivity index (χ4v) is 25.3. The average molecular weight is 1490 g/mol. The van der Waals surface area contributed by atoms with Crippen LogP contribution in [-0.2, 0) is 19.1 Å². The summed E-state index contributed by atoms with van der Waals surface area (Å²) in [7, 11) is 138. The highest BCUT2D eigenvalue weighted by atomic mass is 79.9. The largest absolute Gasteiger partial charge is 0.390 e. The molecule has 8 aliphatic carbocycles. The Labute approximate surface area is 713 Å². The van der Waals surface area contributed by atoms with Crippen LogP contribution in [-0.4, -0.2) is 364 Å². The molecule has 8 fully saturated rings. The summed E-state index contributed by atoms with van der Waals surface area (Å²) in [4.78, 5) is 31.8. The van der Waals surface area contributed by atoms with E-state index in [1.807, 2.05) is 76.6 Å². The number of nitrogens with zero attached hydrogens (tertiary/aromatic N) is 1. The normalized spacial score (nSPS) is 30.7. The second-order valence-electron chi connectivity index (χ2n) is 35.7. The van der Waals surface area contributed by atoms with E-state index in [0.717, 1.165) is 98.9 Å². The molecule has 8 aliphatic rings. The van der Waals surface area contributed by atoms with E-state index in [1.165, 1.54) is 50.0 Å². The molecule has 51 heteroatoms. The van der Waals surface area contributed by atoms with Crippen LogP contribution in [0.3, 0.4) is 0 Å². The number of amides is 1. The second kappa shape index (κ2) is 41.1. The summed E-state index contributed by atoms with van der Waals surface area (Å²) in [6, 6.07) is 15.0. The minimum Gasteiger partial charge on any atom is -0.390 e. The van der Waals surface area contributed by atoms with Crippen LogP contribution in [0.5, 0.6) is 0 Å². The van der Waals surface area contributed by atoms with E-state index in [2.05, 4.69) is 29.8 Å². The third-order valence-corrected chi connectivity index (χ3v) is 30.2. The number of hydrogen-bond acceptors (Lipinski definition) is 7. The van der Waals surface area contributed by atoms with Crippen LogP contribution in [0.15, 0.2) is 53.0 Å². The number of hydrogen-bond donors (Lipinski definition) is 2. The molecular weight excluding hydrogens is 1410 g/mol. The van der Waals surface area contributed by atoms with Gasteiger partial charge in [-0.15, -0.1) is 0 Å². The van der Waals surface area contributed by atoms with E-state index >= 15 is 0 Å². The number of ether oxygens (including phenoxy) is 2. The number of rotatable bonds is 26. The minimum absolute atomic E-state index is 0.0848. The Bertz CT molecular complexity index is 3100. The van der Waals surface area contributed by atoms with Gasteiger partial charge in [0.05, 0.1) is 31.5 Å². The van der Waals surface area contributed by atoms with E-state index in [-0.39, 0.29) is 39.4 Å². The smallest absolute Gasteiger partial charge is 0.249 e. The maximum atomic E-state index is 13.6. The summed E-state index contributed by atoms with van der Waals surface area (Å²) < 4.78 is 12.7. The molecule has 504 valence electrons. The van der Waals surface area contributed by atoms with Crippen molar-refractivity contribution in [2.45, 2.75) is 154 Å². The Morgan fingerprint density at radius 2 is 0.807 bits per heavy atom. The zero-order chi connectivity index (χ0) is 81.7. The van der Waals surface area contributed by atoms with Gasteiger partial charge in [0.25, 0.3) is 0 Å². The molecule has 10 rings (SSSR count). The summed E-state index contributed by atoms with van der Waals surface area (Å²) in [5.41, 5.74) is 0.324. The number of carbonyl (C=O) groups excluding carboxylic acids is 2. The van der Waals surface area contributed by atoms with E-state index < -0.39 is 133 Å². The monoisotopic (exact) mass is 1500 g/mol. The quantitative estimate of drug-likeness (QED) is 0.0671. The van der Waals surface area contributed by atoms with Crippen molar-refractivity contribution in [2.24, 2.45) is 80.8 Å². The van der Waals surface area contributed by atoms with Gasteiger partial charge >= 0.3 is 0 Å². The molecule has 8 nitrogen and oxygen atoms in total. The third-order valence-electron chi connectivity index (χ3n) is 29.2. The predicted octanol–water partition coefficient (Wildman–Crippen LogP) is -1.53. The van der Waals surface area contributed by atoms with Crippen LogP contribution >= 0.6 is 39.1 Å². The highest BCUT2D eigenvalue weighted by Crippen LogP contribution is 2.70. The highest BCUT2D eigenvalue weighted by molar-refractivity contribution is 9.10. The Balaban J connectivity index is 0.000000217. The summed E-state index contributed by atoms with van der Waals surface area (Å²) in [5.74, 6) is 5.71. The first kappa shape index (κ1) is 97.2. The molecule has 0 unspecified atom stereocenters. The Morgan fingerprint density at radius 3 is 1.14 bits per heavy atom. The fraction of sp³-hybridized carbons (Fsp3) is 0.759. The number of hydroxylamine groups is 2. The SMILES string of the molecule is COC[C@]12CC[C@@](C)(O)C[C@@H]1CC[C@H]1[C@@H]3CC[C@H](C(=O)N(C)OC)[C@@]3(C)CC[C@@H]12.COC[C@]12CC[C@@](C)(O)C[C@@H]1CC[C@H]1[C@@H]3CC[C@H](C(=O)c4cccc(Cl)c4)[C@@]3(C)CC[C@@H]12.Clc1cccc(Br)c1.[B]B([B])B([B])B(B([B])[B])B(B(B(B([B])[B])B([B])[B])B(B([B])[B])B([B])[B])B(B(B([B])[B])B([B])[B])B(B([B])[B])B([B])[B]. The summed E-state index contributed by atoms with van der Waals surface area (Å²) in [6.07, 6.45) is -2.08. The lowest BCUT2D eigenvalue weighted by atomic mass is 8.27. The molecule has 16 atom stereocenters. The third kappa shape index (κ3) is 21.9. The fourth-order valence-electron chi connectivity index (χ4n) is 24.4. The van der Waals surface area contributed by atoms with Crippen LogP contribution in [0.4, 0.5) is 0 Å². The molecule has 0 heterocycles. The Kier molecular flexibility index (Phi) is 36.6. The zero-order valence-corrected chi connectivity index (χ0v) is 69.2. The molecule has 1 amide bonds. The van der Waals surface area contributed by atoms with Crippen LogP contribution in [0, 0.1) is 80.8 Å². The van der Waals surface area contributed by atoms with E-state index in [4.69, 9.17) is 200 Å². The van der Waals surface area contributed by atoms with E-state index in [1.54, 1.807) is 14.2 Å². The van der Waals surface area contributed by atoms with E-state index in [0.29, 0.717) is 58.1 Å². The first-order chi connectivity index (χ1) is 50.8. The number of Topliss-reactive ketones (excluding diaryl/α,β-unsaturated/α-hetero) is 1. The molecular formula is C58H84B40BrCl2NO7. The number of fused-ring (bicyclic) bond motifs is 10. The highest BCUT2D eigenvalue weighted by Gasteiger charge is 2.66. The molecule has 2 aromatic rings. The first-order valence-electron chi connectivity index (χ1n) is 39.6. The van der Waals surface area contributed by atoms with Gasteiger partial charge in [0.1, 0.15) is 0 Å². The lowest BCUT2D eigenvalue weighted by Gasteiger charge is -2.62. The average Bonchev–Trinajstić information content (AvgIpc) is 1.69. The van der Waals surface area contributed by atoms with Crippen LogP contribution in [0.1, 0.15) is 154 Å².